The summed E-state index contributed by atoms with van der Waals surface area (Å²) in [6.07, 6.45) is 1.50. The first kappa shape index (κ1) is 14.4. The number of aryl methyl sites for hydroxylation is 1. The fourth-order valence-corrected chi connectivity index (χ4v) is 2.64. The predicted octanol–water partition coefficient (Wildman–Crippen LogP) is 2.16. The Morgan fingerprint density at radius 1 is 1.18 bits per heavy atom. The topological polar surface area (TPSA) is 75.2 Å². The van der Waals surface area contributed by atoms with Crippen molar-refractivity contribution in [3.8, 4) is 0 Å². The highest BCUT2D eigenvalue weighted by molar-refractivity contribution is 6.04. The zero-order valence-corrected chi connectivity index (χ0v) is 12.7. The van der Waals surface area contributed by atoms with Crippen molar-refractivity contribution in [2.24, 2.45) is 0 Å². The number of nitrogens with one attached hydrogen (secondary N) is 1. The van der Waals surface area contributed by atoms with Crippen LogP contribution in [0.1, 0.15) is 31.2 Å². The third-order valence-electron chi connectivity index (χ3n) is 3.84. The minimum absolute atomic E-state index is 0.161. The van der Waals surface area contributed by atoms with Gasteiger partial charge < -0.3 is 5.32 Å². The SMILES string of the molecule is CCCC1NC(=O)N(Cc2nc3ccccc3nc2C)C1=O. The Hall–Kier alpha value is -2.50. The Labute approximate surface area is 128 Å². The molecule has 1 aliphatic rings. The number of para-hydroxylation sites is 2. The third kappa shape index (κ3) is 2.52. The summed E-state index contributed by atoms with van der Waals surface area (Å²) >= 11 is 0. The number of urea groups is 1. The molecule has 114 valence electrons. The Morgan fingerprint density at radius 2 is 1.86 bits per heavy atom. The summed E-state index contributed by atoms with van der Waals surface area (Å²) in [4.78, 5) is 34.5. The average Bonchev–Trinajstić information content (AvgIpc) is 2.76. The number of amides is 3. The van der Waals surface area contributed by atoms with Crippen LogP contribution in [0.4, 0.5) is 4.79 Å². The first-order chi connectivity index (χ1) is 10.6. The molecule has 1 fully saturated rings. The molecule has 0 radical (unpaired) electrons. The second-order valence-corrected chi connectivity index (χ2v) is 5.46. The first-order valence-electron chi connectivity index (χ1n) is 7.44. The van der Waals surface area contributed by atoms with Crippen LogP contribution >= 0.6 is 0 Å². The van der Waals surface area contributed by atoms with Crippen LogP contribution < -0.4 is 5.32 Å². The van der Waals surface area contributed by atoms with Crippen LogP contribution in [-0.4, -0.2) is 32.8 Å². The molecule has 1 N–H and O–H groups in total. The molecule has 0 aliphatic carbocycles. The van der Waals surface area contributed by atoms with Crippen molar-refractivity contribution in [2.75, 3.05) is 0 Å². The van der Waals surface area contributed by atoms with Gasteiger partial charge in [0.15, 0.2) is 0 Å². The molecule has 22 heavy (non-hydrogen) atoms. The fraction of sp³-hybridized carbons (Fsp3) is 0.375. The van der Waals surface area contributed by atoms with Gasteiger partial charge in [0.05, 0.1) is 29.0 Å². The average molecular weight is 298 g/mol. The Balaban J connectivity index is 1.88. The lowest BCUT2D eigenvalue weighted by atomic mass is 10.1. The molecule has 1 aromatic carbocycles. The highest BCUT2D eigenvalue weighted by Crippen LogP contribution is 2.17. The maximum atomic E-state index is 12.3. The zero-order valence-electron chi connectivity index (χ0n) is 12.7. The molecule has 3 rings (SSSR count). The number of carbonyl (C=O) groups excluding carboxylic acids is 2. The fourth-order valence-electron chi connectivity index (χ4n) is 2.64. The minimum atomic E-state index is -0.411. The zero-order chi connectivity index (χ0) is 15.7. The summed E-state index contributed by atoms with van der Waals surface area (Å²) in [5.74, 6) is -0.179. The number of aromatic nitrogens is 2. The van der Waals surface area contributed by atoms with Gasteiger partial charge in [0, 0.05) is 0 Å². The van der Waals surface area contributed by atoms with Gasteiger partial charge in [0.25, 0.3) is 5.91 Å². The van der Waals surface area contributed by atoms with E-state index in [1.807, 2.05) is 38.1 Å². The monoisotopic (exact) mass is 298 g/mol. The second-order valence-electron chi connectivity index (χ2n) is 5.46. The Kier molecular flexibility index (Phi) is 3.75. The van der Waals surface area contributed by atoms with E-state index in [2.05, 4.69) is 15.3 Å². The maximum absolute atomic E-state index is 12.3. The minimum Gasteiger partial charge on any atom is -0.326 e. The maximum Gasteiger partial charge on any atom is 0.325 e. The van der Waals surface area contributed by atoms with E-state index in [4.69, 9.17) is 0 Å². The number of imide groups is 1. The lowest BCUT2D eigenvalue weighted by Crippen LogP contribution is -2.31. The van der Waals surface area contributed by atoms with Crippen molar-refractivity contribution in [1.29, 1.82) is 0 Å². The van der Waals surface area contributed by atoms with Crippen LogP contribution in [0.3, 0.4) is 0 Å². The number of hydrogen-bond acceptors (Lipinski definition) is 4. The number of benzene rings is 1. The lowest BCUT2D eigenvalue weighted by molar-refractivity contribution is -0.128. The molecule has 0 bridgehead atoms. The van der Waals surface area contributed by atoms with Crippen LogP contribution in [0.25, 0.3) is 11.0 Å². The van der Waals surface area contributed by atoms with E-state index >= 15 is 0 Å². The van der Waals surface area contributed by atoms with E-state index in [0.717, 1.165) is 23.1 Å². The molecule has 3 amide bonds. The van der Waals surface area contributed by atoms with Crippen LogP contribution in [0.5, 0.6) is 0 Å². The van der Waals surface area contributed by atoms with Crippen LogP contribution in [0, 0.1) is 6.92 Å². The molecule has 1 unspecified atom stereocenters. The van der Waals surface area contributed by atoms with Crippen molar-refractivity contribution in [3.63, 3.8) is 0 Å². The summed E-state index contributed by atoms with van der Waals surface area (Å²) in [5.41, 5.74) is 2.96. The van der Waals surface area contributed by atoms with Crippen LogP contribution in [-0.2, 0) is 11.3 Å². The Morgan fingerprint density at radius 3 is 2.55 bits per heavy atom. The molecule has 1 aliphatic heterocycles. The summed E-state index contributed by atoms with van der Waals surface area (Å²) in [5, 5.41) is 2.72. The highest BCUT2D eigenvalue weighted by Gasteiger charge is 2.37. The lowest BCUT2D eigenvalue weighted by Gasteiger charge is -2.14. The molecular formula is C16H18N4O2. The van der Waals surface area contributed by atoms with Crippen LogP contribution in [0.15, 0.2) is 24.3 Å². The third-order valence-corrected chi connectivity index (χ3v) is 3.84. The highest BCUT2D eigenvalue weighted by atomic mass is 16.2. The number of carbonyl (C=O) groups is 2. The molecule has 1 atom stereocenters. The normalized spacial score (nSPS) is 18.1. The molecule has 6 heteroatoms. The molecule has 1 saturated heterocycles. The van der Waals surface area contributed by atoms with Gasteiger partial charge in [0.1, 0.15) is 6.04 Å². The summed E-state index contributed by atoms with van der Waals surface area (Å²) < 4.78 is 0. The van der Waals surface area contributed by atoms with Gasteiger partial charge in [-0.2, -0.15) is 0 Å². The number of fused-ring (bicyclic) bond motifs is 1. The van der Waals surface area contributed by atoms with Gasteiger partial charge in [0.2, 0.25) is 0 Å². The molecule has 0 spiro atoms. The number of rotatable bonds is 4. The molecule has 0 saturated carbocycles. The van der Waals surface area contributed by atoms with Crippen molar-refractivity contribution in [2.45, 2.75) is 39.3 Å². The van der Waals surface area contributed by atoms with E-state index < -0.39 is 6.04 Å². The molecule has 6 nitrogen and oxygen atoms in total. The first-order valence-corrected chi connectivity index (χ1v) is 7.44. The van der Waals surface area contributed by atoms with Gasteiger partial charge in [-0.15, -0.1) is 0 Å². The molecule has 1 aromatic heterocycles. The number of nitrogens with zero attached hydrogens (tertiary/aromatic N) is 3. The summed E-state index contributed by atoms with van der Waals surface area (Å²) in [7, 11) is 0. The predicted molar refractivity (Wildman–Crippen MR) is 82.1 cm³/mol. The quantitative estimate of drug-likeness (QED) is 0.878. The second kappa shape index (κ2) is 5.71. The Bertz CT molecular complexity index is 744. The van der Waals surface area contributed by atoms with Gasteiger partial charge in [-0.1, -0.05) is 25.5 Å². The van der Waals surface area contributed by atoms with Crippen LogP contribution in [0.2, 0.25) is 0 Å². The van der Waals surface area contributed by atoms with Gasteiger partial charge in [-0.25, -0.2) is 14.8 Å². The molecule has 2 heterocycles. The summed E-state index contributed by atoms with van der Waals surface area (Å²) in [6.45, 7) is 3.99. The molecule has 2 aromatic rings. The van der Waals surface area contributed by atoms with Gasteiger partial charge in [-0.05, 0) is 25.5 Å². The van der Waals surface area contributed by atoms with Crippen molar-refractivity contribution >= 4 is 23.0 Å². The largest absolute Gasteiger partial charge is 0.326 e. The van der Waals surface area contributed by atoms with E-state index in [0.29, 0.717) is 12.1 Å². The van der Waals surface area contributed by atoms with E-state index in [9.17, 15) is 9.59 Å². The van der Waals surface area contributed by atoms with Crippen molar-refractivity contribution in [1.82, 2.24) is 20.2 Å². The number of hydrogen-bond donors (Lipinski definition) is 1. The standard InChI is InChI=1S/C16H18N4O2/c1-3-6-13-15(21)20(16(22)19-13)9-14-10(2)17-11-7-4-5-8-12(11)18-14/h4-5,7-8,13H,3,6,9H2,1-2H3,(H,19,22). The molecular weight excluding hydrogens is 280 g/mol. The van der Waals surface area contributed by atoms with Gasteiger partial charge >= 0.3 is 6.03 Å². The van der Waals surface area contributed by atoms with E-state index in [-0.39, 0.29) is 18.5 Å². The van der Waals surface area contributed by atoms with E-state index in [1.165, 1.54) is 4.90 Å². The smallest absolute Gasteiger partial charge is 0.325 e. The van der Waals surface area contributed by atoms with Gasteiger partial charge in [-0.3, -0.25) is 9.69 Å². The van der Waals surface area contributed by atoms with E-state index in [1.54, 1.807) is 0 Å². The van der Waals surface area contributed by atoms with Crippen molar-refractivity contribution in [3.05, 3.63) is 35.7 Å². The van der Waals surface area contributed by atoms with Crippen molar-refractivity contribution < 1.29 is 9.59 Å². The summed E-state index contributed by atoms with van der Waals surface area (Å²) in [6, 6.07) is 6.80.